The van der Waals surface area contributed by atoms with Gasteiger partial charge in [0.2, 0.25) is 0 Å². The van der Waals surface area contributed by atoms with Crippen LogP contribution in [-0.2, 0) is 14.4 Å². The van der Waals surface area contributed by atoms with Gasteiger partial charge < -0.3 is 40.5 Å². The van der Waals surface area contributed by atoms with Gasteiger partial charge in [0, 0.05) is 0 Å². The van der Waals surface area contributed by atoms with Crippen molar-refractivity contribution in [3.63, 3.8) is 0 Å². The molecule has 0 bridgehead atoms. The Morgan fingerprint density at radius 2 is 1.52 bits per heavy atom. The topological polar surface area (TPSA) is 193 Å². The van der Waals surface area contributed by atoms with Gasteiger partial charge in [-0.25, -0.2) is 0 Å². The van der Waals surface area contributed by atoms with Gasteiger partial charge >= 0.3 is 11.9 Å². The van der Waals surface area contributed by atoms with Crippen molar-refractivity contribution in [2.75, 3.05) is 6.61 Å². The summed E-state index contributed by atoms with van der Waals surface area (Å²) in [6.45, 7) is 0.597. The zero-order valence-electron chi connectivity index (χ0n) is 11.2. The van der Waals surface area contributed by atoms with Crippen molar-refractivity contribution in [3.05, 3.63) is 0 Å². The monoisotopic (exact) mass is 312 g/mol. The minimum Gasteiger partial charge on any atom is -0.481 e. The summed E-state index contributed by atoms with van der Waals surface area (Å²) in [5, 5.41) is 59.8. The molecule has 0 aliphatic rings. The second-order valence-corrected chi connectivity index (χ2v) is 4.19. The number of aliphatic hydroxyl groups excluding tert-OH is 5. The first-order valence-corrected chi connectivity index (χ1v) is 5.81. The standard InChI is InChI=1S/C6H12O6.C5H8O4/c7-1-3(9)5(11)6(12)4(10)2-8;1-3(5(8)9)2-4(6)7/h1,3-6,8-12H,2H2;3H,2H2,1H3,(H,6,7)(H,8,9)/t3-,4+,5+,6-;/m0./s1. The first-order valence-electron chi connectivity index (χ1n) is 5.81. The zero-order valence-corrected chi connectivity index (χ0v) is 11.2. The molecular formula is C11H20O10. The van der Waals surface area contributed by atoms with E-state index < -0.39 is 48.9 Å². The molecule has 0 fully saturated rings. The lowest BCUT2D eigenvalue weighted by Gasteiger charge is -2.22. The number of aldehydes is 1. The number of carboxylic acids is 2. The molecule has 7 N–H and O–H groups in total. The molecule has 0 rings (SSSR count). The van der Waals surface area contributed by atoms with Crippen LogP contribution in [0.2, 0.25) is 0 Å². The molecule has 0 spiro atoms. The number of rotatable bonds is 8. The van der Waals surface area contributed by atoms with Gasteiger partial charge in [0.1, 0.15) is 24.4 Å². The highest BCUT2D eigenvalue weighted by atomic mass is 16.4. The molecule has 21 heavy (non-hydrogen) atoms. The summed E-state index contributed by atoms with van der Waals surface area (Å²) in [6, 6.07) is 0. The largest absolute Gasteiger partial charge is 0.481 e. The van der Waals surface area contributed by atoms with Crippen molar-refractivity contribution >= 4 is 18.2 Å². The van der Waals surface area contributed by atoms with E-state index in [1.807, 2.05) is 0 Å². The Morgan fingerprint density at radius 1 is 1.05 bits per heavy atom. The average Bonchev–Trinajstić information content (AvgIpc) is 2.43. The molecule has 0 aromatic carbocycles. The maximum Gasteiger partial charge on any atom is 0.306 e. The number of carbonyl (C=O) groups is 3. The van der Waals surface area contributed by atoms with E-state index in [2.05, 4.69) is 0 Å². The van der Waals surface area contributed by atoms with E-state index in [-0.39, 0.29) is 12.7 Å². The van der Waals surface area contributed by atoms with Crippen LogP contribution in [0.5, 0.6) is 0 Å². The van der Waals surface area contributed by atoms with Crippen molar-refractivity contribution in [1.29, 1.82) is 0 Å². The van der Waals surface area contributed by atoms with Crippen molar-refractivity contribution in [2.24, 2.45) is 5.92 Å². The number of aliphatic carboxylic acids is 2. The third kappa shape index (κ3) is 9.87. The zero-order chi connectivity index (χ0) is 17.2. The fraction of sp³-hybridized carbons (Fsp3) is 0.727. The number of hydrogen-bond donors (Lipinski definition) is 7. The minimum absolute atomic E-state index is 0.0258. The summed E-state index contributed by atoms with van der Waals surface area (Å²) in [5.41, 5.74) is 0. The van der Waals surface area contributed by atoms with Crippen molar-refractivity contribution in [2.45, 2.75) is 37.8 Å². The smallest absolute Gasteiger partial charge is 0.306 e. The molecule has 1 unspecified atom stereocenters. The van der Waals surface area contributed by atoms with Crippen molar-refractivity contribution < 1.29 is 50.1 Å². The molecule has 0 heterocycles. The van der Waals surface area contributed by atoms with Gasteiger partial charge in [0.05, 0.1) is 18.9 Å². The van der Waals surface area contributed by atoms with Gasteiger partial charge in [0.25, 0.3) is 0 Å². The van der Waals surface area contributed by atoms with E-state index >= 15 is 0 Å². The SMILES string of the molecule is CC(CC(=O)O)C(=O)O.O=C[C@H](O)[C@@H](O)[C@@H](O)[C@H](O)CO. The van der Waals surface area contributed by atoms with Gasteiger partial charge in [-0.1, -0.05) is 6.92 Å². The fourth-order valence-corrected chi connectivity index (χ4v) is 0.967. The van der Waals surface area contributed by atoms with Gasteiger partial charge in [-0.2, -0.15) is 0 Å². The number of hydrogen-bond acceptors (Lipinski definition) is 8. The normalized spacial score (nSPS) is 17.4. The van der Waals surface area contributed by atoms with Crippen molar-refractivity contribution in [3.8, 4) is 0 Å². The summed E-state index contributed by atoms with van der Waals surface area (Å²) in [5.74, 6) is -2.94. The molecule has 0 radical (unpaired) electrons. The van der Waals surface area contributed by atoms with E-state index in [1.165, 1.54) is 6.92 Å². The molecule has 10 heteroatoms. The highest BCUT2D eigenvalue weighted by molar-refractivity contribution is 5.77. The Labute approximate surface area is 119 Å². The summed E-state index contributed by atoms with van der Waals surface area (Å²) in [4.78, 5) is 29.7. The molecule has 0 saturated heterocycles. The first-order chi connectivity index (χ1) is 9.58. The quantitative estimate of drug-likeness (QED) is 0.224. The third-order valence-corrected chi connectivity index (χ3v) is 2.32. The highest BCUT2D eigenvalue weighted by Crippen LogP contribution is 2.03. The van der Waals surface area contributed by atoms with Gasteiger partial charge in [-0.15, -0.1) is 0 Å². The molecule has 0 aliphatic carbocycles. The molecule has 0 aromatic rings. The predicted molar refractivity (Wildman–Crippen MR) is 66.2 cm³/mol. The van der Waals surface area contributed by atoms with E-state index in [9.17, 15) is 14.4 Å². The Kier molecular flexibility index (Phi) is 11.5. The Morgan fingerprint density at radius 3 is 1.76 bits per heavy atom. The lowest BCUT2D eigenvalue weighted by Crippen LogP contribution is -2.46. The molecule has 0 aliphatic heterocycles. The van der Waals surface area contributed by atoms with Crippen molar-refractivity contribution in [1.82, 2.24) is 0 Å². The van der Waals surface area contributed by atoms with Crippen LogP contribution in [0.3, 0.4) is 0 Å². The Hall–Kier alpha value is -1.59. The van der Waals surface area contributed by atoms with Crippen LogP contribution in [0, 0.1) is 5.92 Å². The Balaban J connectivity index is 0. The molecule has 0 saturated carbocycles. The number of aliphatic hydroxyl groups is 5. The summed E-state index contributed by atoms with van der Waals surface area (Å²) in [6.07, 6.45) is -7.15. The molecule has 124 valence electrons. The van der Waals surface area contributed by atoms with Crippen LogP contribution in [0.15, 0.2) is 0 Å². The van der Waals surface area contributed by atoms with Crippen LogP contribution in [0.25, 0.3) is 0 Å². The lowest BCUT2D eigenvalue weighted by molar-refractivity contribution is -0.147. The number of carboxylic acid groups (broad SMARTS) is 2. The molecule has 0 aromatic heterocycles. The lowest BCUT2D eigenvalue weighted by atomic mass is 10.0. The van der Waals surface area contributed by atoms with Crippen LogP contribution in [0.4, 0.5) is 0 Å². The minimum atomic E-state index is -1.79. The molecule has 0 amide bonds. The van der Waals surface area contributed by atoms with Gasteiger partial charge in [-0.3, -0.25) is 9.59 Å². The third-order valence-electron chi connectivity index (χ3n) is 2.32. The van der Waals surface area contributed by atoms with Crippen LogP contribution in [0.1, 0.15) is 13.3 Å². The second-order valence-electron chi connectivity index (χ2n) is 4.19. The molecule has 5 atom stereocenters. The maximum absolute atomic E-state index is 9.97. The molecule has 10 nitrogen and oxygen atoms in total. The molecular weight excluding hydrogens is 292 g/mol. The van der Waals surface area contributed by atoms with Crippen LogP contribution in [-0.4, -0.2) is 85.0 Å². The predicted octanol–water partition coefficient (Wildman–Crippen LogP) is -3.20. The first kappa shape index (κ1) is 21.7. The summed E-state index contributed by atoms with van der Waals surface area (Å²) < 4.78 is 0. The average molecular weight is 312 g/mol. The fourth-order valence-electron chi connectivity index (χ4n) is 0.967. The highest BCUT2D eigenvalue weighted by Gasteiger charge is 2.29. The van der Waals surface area contributed by atoms with Crippen LogP contribution < -0.4 is 0 Å². The van der Waals surface area contributed by atoms with E-state index in [4.69, 9.17) is 35.7 Å². The Bertz CT molecular complexity index is 331. The van der Waals surface area contributed by atoms with Gasteiger partial charge in [0.15, 0.2) is 6.29 Å². The van der Waals surface area contributed by atoms with Crippen LogP contribution >= 0.6 is 0 Å². The van der Waals surface area contributed by atoms with E-state index in [1.54, 1.807) is 0 Å². The maximum atomic E-state index is 9.97. The van der Waals surface area contributed by atoms with E-state index in [0.717, 1.165) is 0 Å². The summed E-state index contributed by atoms with van der Waals surface area (Å²) in [7, 11) is 0. The number of carbonyl (C=O) groups excluding carboxylic acids is 1. The van der Waals surface area contributed by atoms with Gasteiger partial charge in [-0.05, 0) is 0 Å². The second kappa shape index (κ2) is 11.1. The summed E-state index contributed by atoms with van der Waals surface area (Å²) >= 11 is 0. The van der Waals surface area contributed by atoms with E-state index in [0.29, 0.717) is 0 Å².